The Morgan fingerprint density at radius 3 is 2.71 bits per heavy atom. The first-order valence-electron chi connectivity index (χ1n) is 6.53. The minimum atomic E-state index is -0.248. The zero-order valence-electron chi connectivity index (χ0n) is 11.7. The van der Waals surface area contributed by atoms with Crippen molar-refractivity contribution in [2.24, 2.45) is 0 Å². The summed E-state index contributed by atoms with van der Waals surface area (Å²) < 4.78 is 11.9. The predicted octanol–water partition coefficient (Wildman–Crippen LogP) is 3.05. The summed E-state index contributed by atoms with van der Waals surface area (Å²) >= 11 is 6.69. The third kappa shape index (κ3) is 7.47. The van der Waals surface area contributed by atoms with Crippen molar-refractivity contribution >= 4 is 43.7 Å². The smallest absolute Gasteiger partial charge is 0.305 e. The van der Waals surface area contributed by atoms with Gasteiger partial charge in [0.15, 0.2) is 6.61 Å². The maximum atomic E-state index is 11.6. The average Bonchev–Trinajstić information content (AvgIpc) is 2.43. The van der Waals surface area contributed by atoms with Crippen LogP contribution < -0.4 is 10.1 Å². The first-order valence-corrected chi connectivity index (χ1v) is 8.11. The van der Waals surface area contributed by atoms with E-state index in [0.717, 1.165) is 8.95 Å². The predicted molar refractivity (Wildman–Crippen MR) is 86.2 cm³/mol. The highest BCUT2D eigenvalue weighted by Crippen LogP contribution is 2.27. The molecule has 0 radical (unpaired) electrons. The number of carbonyl (C=O) groups excluding carboxylic acids is 2. The first-order chi connectivity index (χ1) is 10.0. The van der Waals surface area contributed by atoms with Crippen LogP contribution in [-0.4, -0.2) is 31.6 Å². The molecule has 0 saturated carbocycles. The molecular formula is C14H17Br2NO4. The zero-order valence-corrected chi connectivity index (χ0v) is 14.8. The van der Waals surface area contributed by atoms with Gasteiger partial charge in [-0.05, 0) is 47.5 Å². The van der Waals surface area contributed by atoms with E-state index in [1.54, 1.807) is 13.0 Å². The van der Waals surface area contributed by atoms with Gasteiger partial charge in [-0.15, -0.1) is 0 Å². The van der Waals surface area contributed by atoms with E-state index in [1.165, 1.54) is 0 Å². The topological polar surface area (TPSA) is 64.6 Å². The SMILES string of the molecule is CCOC(=O)CCCNC(=O)COc1ccc(Br)cc1Br. The van der Waals surface area contributed by atoms with Gasteiger partial charge in [0.1, 0.15) is 5.75 Å². The molecule has 0 fully saturated rings. The molecule has 1 amide bonds. The molecule has 1 rings (SSSR count). The summed E-state index contributed by atoms with van der Waals surface area (Å²) in [5.74, 6) is 0.121. The lowest BCUT2D eigenvalue weighted by molar-refractivity contribution is -0.143. The lowest BCUT2D eigenvalue weighted by atomic mass is 10.3. The fourth-order valence-corrected chi connectivity index (χ4v) is 2.64. The highest BCUT2D eigenvalue weighted by Gasteiger charge is 2.06. The molecule has 0 aromatic heterocycles. The van der Waals surface area contributed by atoms with E-state index in [0.29, 0.717) is 31.7 Å². The van der Waals surface area contributed by atoms with Crippen LogP contribution in [0.4, 0.5) is 0 Å². The quantitative estimate of drug-likeness (QED) is 0.516. The molecule has 116 valence electrons. The Balaban J connectivity index is 2.21. The Hall–Kier alpha value is -1.08. The minimum absolute atomic E-state index is 0.0698. The van der Waals surface area contributed by atoms with Crippen LogP contribution in [-0.2, 0) is 14.3 Å². The maximum Gasteiger partial charge on any atom is 0.305 e. The molecule has 1 N–H and O–H groups in total. The second-order valence-corrected chi connectivity index (χ2v) is 5.89. The summed E-state index contributed by atoms with van der Waals surface area (Å²) in [4.78, 5) is 22.7. The van der Waals surface area contributed by atoms with Gasteiger partial charge in [0.25, 0.3) is 5.91 Å². The summed E-state index contributed by atoms with van der Waals surface area (Å²) in [5, 5.41) is 2.68. The van der Waals surface area contributed by atoms with Gasteiger partial charge >= 0.3 is 5.97 Å². The fraction of sp³-hybridized carbons (Fsp3) is 0.429. The molecule has 21 heavy (non-hydrogen) atoms. The highest BCUT2D eigenvalue weighted by atomic mass is 79.9. The molecule has 0 atom stereocenters. The Labute approximate surface area is 140 Å². The summed E-state index contributed by atoms with van der Waals surface area (Å²) in [5.41, 5.74) is 0. The van der Waals surface area contributed by atoms with E-state index in [9.17, 15) is 9.59 Å². The molecule has 1 aromatic rings. The largest absolute Gasteiger partial charge is 0.483 e. The van der Waals surface area contributed by atoms with Crippen molar-refractivity contribution in [3.05, 3.63) is 27.1 Å². The molecule has 0 unspecified atom stereocenters. The lowest BCUT2D eigenvalue weighted by Crippen LogP contribution is -2.30. The second-order valence-electron chi connectivity index (χ2n) is 4.12. The van der Waals surface area contributed by atoms with E-state index < -0.39 is 0 Å². The van der Waals surface area contributed by atoms with Gasteiger partial charge in [0.2, 0.25) is 0 Å². The van der Waals surface area contributed by atoms with Crippen molar-refractivity contribution in [3.63, 3.8) is 0 Å². The summed E-state index contributed by atoms with van der Waals surface area (Å²) in [6.45, 7) is 2.49. The third-order valence-electron chi connectivity index (χ3n) is 2.44. The number of rotatable bonds is 8. The van der Waals surface area contributed by atoms with Gasteiger partial charge < -0.3 is 14.8 Å². The number of hydrogen-bond acceptors (Lipinski definition) is 4. The van der Waals surface area contributed by atoms with E-state index >= 15 is 0 Å². The van der Waals surface area contributed by atoms with E-state index in [1.807, 2.05) is 12.1 Å². The number of amides is 1. The highest BCUT2D eigenvalue weighted by molar-refractivity contribution is 9.11. The number of hydrogen-bond donors (Lipinski definition) is 1. The molecular weight excluding hydrogens is 406 g/mol. The van der Waals surface area contributed by atoms with Crippen LogP contribution in [0.25, 0.3) is 0 Å². The van der Waals surface area contributed by atoms with Crippen molar-refractivity contribution in [1.29, 1.82) is 0 Å². The average molecular weight is 423 g/mol. The van der Waals surface area contributed by atoms with Gasteiger partial charge in [-0.2, -0.15) is 0 Å². The Bertz CT molecular complexity index is 494. The number of nitrogens with one attached hydrogen (secondary N) is 1. The number of esters is 1. The van der Waals surface area contributed by atoms with E-state index in [-0.39, 0.29) is 18.5 Å². The first kappa shape index (κ1) is 18.0. The molecule has 0 aliphatic carbocycles. The molecule has 0 aliphatic rings. The van der Waals surface area contributed by atoms with Gasteiger partial charge in [-0.25, -0.2) is 0 Å². The van der Waals surface area contributed by atoms with Crippen LogP contribution in [0.2, 0.25) is 0 Å². The van der Waals surface area contributed by atoms with Crippen LogP contribution in [0, 0.1) is 0 Å². The minimum Gasteiger partial charge on any atom is -0.483 e. The van der Waals surface area contributed by atoms with Gasteiger partial charge in [0.05, 0.1) is 11.1 Å². The van der Waals surface area contributed by atoms with Crippen LogP contribution in [0.15, 0.2) is 27.1 Å². The number of ether oxygens (including phenoxy) is 2. The van der Waals surface area contributed by atoms with Crippen LogP contribution in [0.3, 0.4) is 0 Å². The monoisotopic (exact) mass is 421 g/mol. The number of halogens is 2. The van der Waals surface area contributed by atoms with Crippen molar-refractivity contribution in [1.82, 2.24) is 5.32 Å². The molecule has 0 heterocycles. The standard InChI is InChI=1S/C14H17Br2NO4/c1-2-20-14(19)4-3-7-17-13(18)9-21-12-6-5-10(15)8-11(12)16/h5-6,8H,2-4,7,9H2,1H3,(H,17,18). The Morgan fingerprint density at radius 1 is 1.29 bits per heavy atom. The second kappa shape index (κ2) is 9.78. The fourth-order valence-electron chi connectivity index (χ4n) is 1.48. The third-order valence-corrected chi connectivity index (χ3v) is 3.55. The van der Waals surface area contributed by atoms with E-state index in [4.69, 9.17) is 9.47 Å². The molecule has 0 spiro atoms. The van der Waals surface area contributed by atoms with Gasteiger partial charge in [0, 0.05) is 17.4 Å². The molecule has 0 bridgehead atoms. The van der Waals surface area contributed by atoms with Crippen molar-refractivity contribution < 1.29 is 19.1 Å². The molecule has 1 aromatic carbocycles. The molecule has 0 aliphatic heterocycles. The molecule has 7 heteroatoms. The van der Waals surface area contributed by atoms with Gasteiger partial charge in [-0.1, -0.05) is 15.9 Å². The van der Waals surface area contributed by atoms with Crippen molar-refractivity contribution in [2.75, 3.05) is 19.8 Å². The number of carbonyl (C=O) groups is 2. The lowest BCUT2D eigenvalue weighted by Gasteiger charge is -2.09. The number of benzene rings is 1. The van der Waals surface area contributed by atoms with Crippen molar-refractivity contribution in [3.8, 4) is 5.75 Å². The summed E-state index contributed by atoms with van der Waals surface area (Å²) in [7, 11) is 0. The normalized spacial score (nSPS) is 10.0. The maximum absolute atomic E-state index is 11.6. The molecule has 5 nitrogen and oxygen atoms in total. The van der Waals surface area contributed by atoms with Crippen molar-refractivity contribution in [2.45, 2.75) is 19.8 Å². The Kier molecular flexibility index (Phi) is 8.37. The van der Waals surface area contributed by atoms with Crippen LogP contribution in [0.1, 0.15) is 19.8 Å². The summed E-state index contributed by atoms with van der Waals surface area (Å²) in [6.07, 6.45) is 0.847. The summed E-state index contributed by atoms with van der Waals surface area (Å²) in [6, 6.07) is 5.44. The van der Waals surface area contributed by atoms with Gasteiger partial charge in [-0.3, -0.25) is 9.59 Å². The van der Waals surface area contributed by atoms with Crippen LogP contribution in [0.5, 0.6) is 5.75 Å². The van der Waals surface area contributed by atoms with E-state index in [2.05, 4.69) is 37.2 Å². The zero-order chi connectivity index (χ0) is 15.7. The molecule has 0 saturated heterocycles. The van der Waals surface area contributed by atoms with Crippen LogP contribution >= 0.6 is 31.9 Å². The Morgan fingerprint density at radius 2 is 2.05 bits per heavy atom.